The number of hydrogen-bond donors (Lipinski definition) is 3. The molecular formula is C29H23F2N7O. The number of benzene rings is 2. The zero-order chi connectivity index (χ0) is 26.9. The first-order valence-electron chi connectivity index (χ1n) is 12.5. The van der Waals surface area contributed by atoms with E-state index in [0.717, 1.165) is 18.4 Å². The van der Waals surface area contributed by atoms with E-state index < -0.39 is 5.82 Å². The molecule has 0 radical (unpaired) electrons. The highest BCUT2D eigenvalue weighted by Crippen LogP contribution is 2.34. The van der Waals surface area contributed by atoms with Crippen molar-refractivity contribution in [2.24, 2.45) is 0 Å². The minimum absolute atomic E-state index is 0.0920. The Bertz CT molecular complexity index is 1840. The van der Waals surface area contributed by atoms with Crippen molar-refractivity contribution >= 4 is 33.7 Å². The summed E-state index contributed by atoms with van der Waals surface area (Å²) in [6.07, 6.45) is 6.92. The molecule has 0 spiro atoms. The van der Waals surface area contributed by atoms with Gasteiger partial charge in [0.2, 0.25) is 5.91 Å². The Morgan fingerprint density at radius 2 is 1.92 bits per heavy atom. The van der Waals surface area contributed by atoms with Crippen LogP contribution in [0, 0.1) is 11.6 Å². The highest BCUT2D eigenvalue weighted by atomic mass is 19.1. The summed E-state index contributed by atoms with van der Waals surface area (Å²) in [5.41, 5.74) is 4.83. The number of halogens is 2. The Kier molecular flexibility index (Phi) is 6.28. The minimum atomic E-state index is -0.517. The van der Waals surface area contributed by atoms with Crippen LogP contribution >= 0.6 is 0 Å². The number of nitrogens with zero attached hydrogens (tertiary/aromatic N) is 4. The molecule has 0 aliphatic carbocycles. The number of aromatic nitrogens is 6. The molecule has 0 aliphatic rings. The third-order valence-corrected chi connectivity index (χ3v) is 6.49. The number of amides is 1. The van der Waals surface area contributed by atoms with Gasteiger partial charge >= 0.3 is 0 Å². The van der Waals surface area contributed by atoms with Crippen LogP contribution in [0.3, 0.4) is 0 Å². The van der Waals surface area contributed by atoms with Gasteiger partial charge in [-0.15, -0.1) is 0 Å². The number of nitrogens with one attached hydrogen (secondary N) is 3. The molecule has 2 aromatic carbocycles. The third kappa shape index (κ3) is 4.72. The van der Waals surface area contributed by atoms with Crippen molar-refractivity contribution in [2.45, 2.75) is 26.2 Å². The van der Waals surface area contributed by atoms with E-state index in [1.54, 1.807) is 48.9 Å². The summed E-state index contributed by atoms with van der Waals surface area (Å²) in [6.45, 7) is 2.02. The van der Waals surface area contributed by atoms with Gasteiger partial charge < -0.3 is 10.3 Å². The van der Waals surface area contributed by atoms with E-state index in [1.165, 1.54) is 18.2 Å². The number of imidazole rings is 1. The number of H-pyrrole nitrogens is 2. The van der Waals surface area contributed by atoms with Gasteiger partial charge in [0.05, 0.1) is 17.4 Å². The van der Waals surface area contributed by atoms with E-state index in [0.29, 0.717) is 56.9 Å². The molecule has 194 valence electrons. The summed E-state index contributed by atoms with van der Waals surface area (Å²) >= 11 is 0. The van der Waals surface area contributed by atoms with Gasteiger partial charge in [-0.25, -0.2) is 18.7 Å². The summed E-state index contributed by atoms with van der Waals surface area (Å²) in [5, 5.41) is 10.4. The van der Waals surface area contributed by atoms with Gasteiger partial charge in [-0.2, -0.15) is 5.10 Å². The van der Waals surface area contributed by atoms with Crippen LogP contribution in [-0.2, 0) is 4.79 Å². The molecule has 0 saturated carbocycles. The maximum absolute atomic E-state index is 15.2. The number of hydrogen-bond acceptors (Lipinski definition) is 5. The highest BCUT2D eigenvalue weighted by molar-refractivity contribution is 5.98. The topological polar surface area (TPSA) is 112 Å². The Morgan fingerprint density at radius 1 is 1.03 bits per heavy atom. The number of rotatable bonds is 7. The maximum atomic E-state index is 15.2. The van der Waals surface area contributed by atoms with Gasteiger partial charge in [0.15, 0.2) is 17.3 Å². The quantitative estimate of drug-likeness (QED) is 0.217. The lowest BCUT2D eigenvalue weighted by Crippen LogP contribution is -2.11. The van der Waals surface area contributed by atoms with Crippen LogP contribution in [0.5, 0.6) is 0 Å². The van der Waals surface area contributed by atoms with Gasteiger partial charge in [-0.1, -0.05) is 25.5 Å². The molecule has 0 saturated heterocycles. The summed E-state index contributed by atoms with van der Waals surface area (Å²) in [7, 11) is 0. The molecule has 10 heteroatoms. The van der Waals surface area contributed by atoms with Crippen molar-refractivity contribution < 1.29 is 13.6 Å². The number of anilines is 1. The lowest BCUT2D eigenvalue weighted by molar-refractivity contribution is -0.116. The van der Waals surface area contributed by atoms with Crippen LogP contribution in [0.25, 0.3) is 55.8 Å². The molecule has 0 bridgehead atoms. The van der Waals surface area contributed by atoms with Crippen molar-refractivity contribution in [1.29, 1.82) is 0 Å². The van der Waals surface area contributed by atoms with Crippen LogP contribution < -0.4 is 5.32 Å². The van der Waals surface area contributed by atoms with Gasteiger partial charge in [0.25, 0.3) is 0 Å². The third-order valence-electron chi connectivity index (χ3n) is 6.49. The number of aromatic amines is 2. The number of unbranched alkanes of at least 4 members (excludes halogenated alkanes) is 1. The molecule has 8 nitrogen and oxygen atoms in total. The molecular weight excluding hydrogens is 500 g/mol. The fraction of sp³-hybridized carbons (Fsp3) is 0.138. The van der Waals surface area contributed by atoms with Crippen LogP contribution in [0.1, 0.15) is 26.2 Å². The van der Waals surface area contributed by atoms with E-state index in [4.69, 9.17) is 0 Å². The normalized spacial score (nSPS) is 11.4. The van der Waals surface area contributed by atoms with Gasteiger partial charge in [0.1, 0.15) is 17.0 Å². The summed E-state index contributed by atoms with van der Waals surface area (Å²) < 4.78 is 29.1. The first-order chi connectivity index (χ1) is 19.0. The van der Waals surface area contributed by atoms with Crippen molar-refractivity contribution in [3.63, 3.8) is 0 Å². The molecule has 4 heterocycles. The maximum Gasteiger partial charge on any atom is 0.224 e. The number of carbonyl (C=O) groups is 1. The lowest BCUT2D eigenvalue weighted by Gasteiger charge is -2.08. The molecule has 1 amide bonds. The van der Waals surface area contributed by atoms with Crippen molar-refractivity contribution in [2.75, 3.05) is 5.32 Å². The first kappa shape index (κ1) is 24.4. The largest absolute Gasteiger partial charge is 0.335 e. The number of fused-ring (bicyclic) bond motifs is 2. The Morgan fingerprint density at radius 3 is 2.77 bits per heavy atom. The molecule has 0 aliphatic heterocycles. The van der Waals surface area contributed by atoms with E-state index in [9.17, 15) is 9.18 Å². The molecule has 0 unspecified atom stereocenters. The Labute approximate surface area is 221 Å². The second-order valence-corrected chi connectivity index (χ2v) is 9.22. The molecule has 0 atom stereocenters. The number of carbonyl (C=O) groups excluding carboxylic acids is 1. The minimum Gasteiger partial charge on any atom is -0.335 e. The smallest absolute Gasteiger partial charge is 0.224 e. The molecule has 6 rings (SSSR count). The lowest BCUT2D eigenvalue weighted by atomic mass is 10.0. The molecule has 0 fully saturated rings. The van der Waals surface area contributed by atoms with E-state index in [1.807, 2.05) is 6.92 Å². The fourth-order valence-corrected chi connectivity index (χ4v) is 4.58. The monoisotopic (exact) mass is 523 g/mol. The zero-order valence-corrected chi connectivity index (χ0v) is 20.9. The average molecular weight is 524 g/mol. The summed E-state index contributed by atoms with van der Waals surface area (Å²) in [4.78, 5) is 28.6. The van der Waals surface area contributed by atoms with Crippen molar-refractivity contribution in [3.8, 4) is 33.8 Å². The van der Waals surface area contributed by atoms with Crippen LogP contribution in [0.2, 0.25) is 0 Å². The van der Waals surface area contributed by atoms with E-state index in [-0.39, 0.29) is 17.2 Å². The number of pyridine rings is 2. The fourth-order valence-electron chi connectivity index (χ4n) is 4.58. The average Bonchev–Trinajstić information content (AvgIpc) is 3.56. The molecule has 6 aromatic rings. The van der Waals surface area contributed by atoms with Crippen LogP contribution in [0.4, 0.5) is 14.5 Å². The summed E-state index contributed by atoms with van der Waals surface area (Å²) in [5.74, 6) is -0.544. The van der Waals surface area contributed by atoms with Gasteiger partial charge in [-0.3, -0.25) is 14.9 Å². The second kappa shape index (κ2) is 10.1. The van der Waals surface area contributed by atoms with Crippen LogP contribution in [-0.4, -0.2) is 36.0 Å². The van der Waals surface area contributed by atoms with Gasteiger partial charge in [0, 0.05) is 35.3 Å². The predicted octanol–water partition coefficient (Wildman–Crippen LogP) is 6.64. The SMILES string of the molecule is CCCCC(=O)Nc1cncc(-c2cc(F)c3n[nH]c(-c4nc5nccc(-c6cccc(F)c6)c5[nH]4)c3c2)c1. The standard InChI is InChI=1S/C29H23F2N7O/c1-2-3-7-24(39)34-20-11-18(14-32-15-20)17-12-22-25(23(31)13-17)37-38-27(22)29-35-26-21(8-9-33-28(26)36-29)16-5-4-6-19(30)10-16/h4-6,8-15H,2-3,7H2,1H3,(H,34,39)(H,37,38)(H,33,35,36). The Hall–Kier alpha value is -4.99. The van der Waals surface area contributed by atoms with Crippen LogP contribution in [0.15, 0.2) is 67.1 Å². The molecule has 3 N–H and O–H groups in total. The highest BCUT2D eigenvalue weighted by Gasteiger charge is 2.18. The first-order valence-corrected chi connectivity index (χ1v) is 12.5. The molecule has 39 heavy (non-hydrogen) atoms. The van der Waals surface area contributed by atoms with Crippen molar-refractivity contribution in [3.05, 3.63) is 78.8 Å². The predicted molar refractivity (Wildman–Crippen MR) is 146 cm³/mol. The zero-order valence-electron chi connectivity index (χ0n) is 20.9. The summed E-state index contributed by atoms with van der Waals surface area (Å²) in [6, 6.07) is 13.0. The van der Waals surface area contributed by atoms with Crippen molar-refractivity contribution in [1.82, 2.24) is 30.1 Å². The van der Waals surface area contributed by atoms with E-state index in [2.05, 4.69) is 35.5 Å². The van der Waals surface area contributed by atoms with E-state index >= 15 is 4.39 Å². The van der Waals surface area contributed by atoms with Gasteiger partial charge in [-0.05, 0) is 53.9 Å². The molecule has 4 aromatic heterocycles. The second-order valence-electron chi connectivity index (χ2n) is 9.22. The Balaban J connectivity index is 1.40.